The summed E-state index contributed by atoms with van der Waals surface area (Å²) in [5.41, 5.74) is 1.80. The number of likely N-dealkylation sites (tertiary alicyclic amines) is 1. The summed E-state index contributed by atoms with van der Waals surface area (Å²) in [6.07, 6.45) is 0.888. The predicted molar refractivity (Wildman–Crippen MR) is 124 cm³/mol. The van der Waals surface area contributed by atoms with Gasteiger partial charge in [-0.3, -0.25) is 24.6 Å². The van der Waals surface area contributed by atoms with Crippen molar-refractivity contribution in [3.63, 3.8) is 0 Å². The second kappa shape index (κ2) is 9.46. The molecular weight excluding hydrogens is 424 g/mol. The van der Waals surface area contributed by atoms with Gasteiger partial charge in [-0.2, -0.15) is 0 Å². The van der Waals surface area contributed by atoms with Crippen LogP contribution in [0.5, 0.6) is 0 Å². The molecule has 2 aromatic carbocycles. The molecule has 2 amide bonds. The van der Waals surface area contributed by atoms with Crippen LogP contribution in [0.1, 0.15) is 50.3 Å². The second-order valence-corrected chi connectivity index (χ2v) is 10.6. The molecule has 0 aliphatic carbocycles. The van der Waals surface area contributed by atoms with Gasteiger partial charge in [0.1, 0.15) is 6.04 Å². The Morgan fingerprint density at radius 2 is 1.56 bits per heavy atom. The Kier molecular flexibility index (Phi) is 6.67. The quantitative estimate of drug-likeness (QED) is 0.532. The Hall–Kier alpha value is -2.64. The minimum absolute atomic E-state index is 0.138. The zero-order chi connectivity index (χ0) is 22.7. The van der Waals surface area contributed by atoms with Crippen LogP contribution in [0.15, 0.2) is 60.7 Å². The number of imide groups is 1. The molecule has 2 heterocycles. The molecule has 2 fully saturated rings. The SMILES string of the molecule is CC1(C)SC(CN2C(=O)CCCC2=O)N[C@H]1C(=O)OC(c1ccccc1)c1ccccc1. The lowest BCUT2D eigenvalue weighted by molar-refractivity contribution is -0.150. The number of piperidine rings is 1. The van der Waals surface area contributed by atoms with Gasteiger partial charge in [0.15, 0.2) is 6.10 Å². The minimum atomic E-state index is -0.567. The first-order valence-corrected chi connectivity index (χ1v) is 11.8. The lowest BCUT2D eigenvalue weighted by Gasteiger charge is -2.27. The molecule has 7 heteroatoms. The number of nitrogens with zero attached hydrogens (tertiary/aromatic N) is 1. The first-order valence-electron chi connectivity index (χ1n) is 10.9. The van der Waals surface area contributed by atoms with Crippen LogP contribution in [0.2, 0.25) is 0 Å². The number of carbonyl (C=O) groups is 3. The highest BCUT2D eigenvalue weighted by Crippen LogP contribution is 2.40. The van der Waals surface area contributed by atoms with Gasteiger partial charge in [0.05, 0.1) is 11.9 Å². The molecule has 1 N–H and O–H groups in total. The highest BCUT2D eigenvalue weighted by Gasteiger charge is 2.47. The van der Waals surface area contributed by atoms with Crippen LogP contribution in [0, 0.1) is 0 Å². The molecule has 4 rings (SSSR count). The van der Waals surface area contributed by atoms with Crippen LogP contribution in [0.3, 0.4) is 0 Å². The molecule has 0 radical (unpaired) electrons. The van der Waals surface area contributed by atoms with Gasteiger partial charge in [-0.05, 0) is 31.4 Å². The van der Waals surface area contributed by atoms with Crippen molar-refractivity contribution < 1.29 is 19.1 Å². The monoisotopic (exact) mass is 452 g/mol. The van der Waals surface area contributed by atoms with Gasteiger partial charge in [-0.25, -0.2) is 0 Å². The molecule has 2 saturated heterocycles. The molecular formula is C25H28N2O4S. The van der Waals surface area contributed by atoms with E-state index in [-0.39, 0.29) is 29.7 Å². The van der Waals surface area contributed by atoms with Gasteiger partial charge in [0.2, 0.25) is 11.8 Å². The molecule has 0 aromatic heterocycles. The van der Waals surface area contributed by atoms with Crippen molar-refractivity contribution in [2.45, 2.75) is 55.4 Å². The number of ether oxygens (including phenoxy) is 1. The maximum absolute atomic E-state index is 13.3. The fourth-order valence-corrected chi connectivity index (χ4v) is 5.70. The van der Waals surface area contributed by atoms with E-state index in [1.807, 2.05) is 74.5 Å². The third-order valence-electron chi connectivity index (χ3n) is 5.90. The summed E-state index contributed by atoms with van der Waals surface area (Å²) in [7, 11) is 0. The molecule has 2 aliphatic heterocycles. The molecule has 0 saturated carbocycles. The summed E-state index contributed by atoms with van der Waals surface area (Å²) in [5, 5.41) is 3.10. The number of carbonyl (C=O) groups excluding carboxylic acids is 3. The minimum Gasteiger partial charge on any atom is -0.451 e. The van der Waals surface area contributed by atoms with Crippen LogP contribution in [-0.2, 0) is 19.1 Å². The number of hydrogen-bond donors (Lipinski definition) is 1. The molecule has 1 unspecified atom stereocenters. The topological polar surface area (TPSA) is 75.7 Å². The highest BCUT2D eigenvalue weighted by atomic mass is 32.2. The van der Waals surface area contributed by atoms with Gasteiger partial charge in [0, 0.05) is 17.6 Å². The van der Waals surface area contributed by atoms with Gasteiger partial charge in [-0.15, -0.1) is 11.8 Å². The van der Waals surface area contributed by atoms with Crippen LogP contribution in [0.4, 0.5) is 0 Å². The number of rotatable bonds is 6. The predicted octanol–water partition coefficient (Wildman–Crippen LogP) is 3.67. The molecule has 2 aromatic rings. The molecule has 0 bridgehead atoms. The third kappa shape index (κ3) is 4.89. The third-order valence-corrected chi connectivity index (χ3v) is 7.31. The molecule has 32 heavy (non-hydrogen) atoms. The van der Waals surface area contributed by atoms with E-state index in [2.05, 4.69) is 5.32 Å². The normalized spacial score (nSPS) is 22.9. The smallest absolute Gasteiger partial charge is 0.325 e. The Bertz CT molecular complexity index is 924. The molecule has 168 valence electrons. The fraction of sp³-hybridized carbons (Fsp3) is 0.400. The van der Waals surface area contributed by atoms with Gasteiger partial charge in [0.25, 0.3) is 0 Å². The van der Waals surface area contributed by atoms with Crippen molar-refractivity contribution in [2.75, 3.05) is 6.54 Å². The summed E-state index contributed by atoms with van der Waals surface area (Å²) in [6.45, 7) is 4.23. The summed E-state index contributed by atoms with van der Waals surface area (Å²) in [5.74, 6) is -0.625. The van der Waals surface area contributed by atoms with Crippen LogP contribution in [-0.4, -0.2) is 45.4 Å². The second-order valence-electron chi connectivity index (χ2n) is 8.70. The zero-order valence-corrected chi connectivity index (χ0v) is 19.1. The number of benzene rings is 2. The molecule has 6 nitrogen and oxygen atoms in total. The van der Waals surface area contributed by atoms with Crippen molar-refractivity contribution in [3.8, 4) is 0 Å². The van der Waals surface area contributed by atoms with E-state index in [1.165, 1.54) is 4.90 Å². The van der Waals surface area contributed by atoms with Crippen LogP contribution in [0.25, 0.3) is 0 Å². The first-order chi connectivity index (χ1) is 15.3. The van der Waals surface area contributed by atoms with Crippen LogP contribution < -0.4 is 5.32 Å². The Morgan fingerprint density at radius 1 is 1.03 bits per heavy atom. The van der Waals surface area contributed by atoms with Crippen molar-refractivity contribution >= 4 is 29.5 Å². The van der Waals surface area contributed by atoms with Crippen molar-refractivity contribution in [1.29, 1.82) is 0 Å². The van der Waals surface area contributed by atoms with Crippen molar-refractivity contribution in [2.24, 2.45) is 0 Å². The largest absolute Gasteiger partial charge is 0.451 e. The summed E-state index contributed by atoms with van der Waals surface area (Å²) in [6, 6.07) is 18.8. The number of thioether (sulfide) groups is 1. The van der Waals surface area contributed by atoms with Gasteiger partial charge >= 0.3 is 5.97 Å². The maximum Gasteiger partial charge on any atom is 0.325 e. The van der Waals surface area contributed by atoms with Crippen molar-refractivity contribution in [1.82, 2.24) is 10.2 Å². The van der Waals surface area contributed by atoms with E-state index in [9.17, 15) is 14.4 Å². The standard InChI is InChI=1S/C25H28N2O4S/c1-25(2)23(26-19(32-25)16-27-20(28)14-9-15-21(27)29)24(30)31-22(17-10-5-3-6-11-17)18-12-7-4-8-13-18/h3-8,10-13,19,22-23,26H,9,14-16H2,1-2H3/t19?,23-/m0/s1. The summed E-state index contributed by atoms with van der Waals surface area (Å²) < 4.78 is 5.60. The molecule has 0 spiro atoms. The number of amides is 2. The molecule has 2 aliphatic rings. The Labute approximate surface area is 192 Å². The number of esters is 1. The Balaban J connectivity index is 1.50. The molecule has 2 atom stereocenters. The average Bonchev–Trinajstić information content (AvgIpc) is 3.10. The lowest BCUT2D eigenvalue weighted by Crippen LogP contribution is -2.50. The van der Waals surface area contributed by atoms with Gasteiger partial charge in [-0.1, -0.05) is 60.7 Å². The van der Waals surface area contributed by atoms with Crippen LogP contribution >= 0.6 is 11.8 Å². The highest BCUT2D eigenvalue weighted by molar-refractivity contribution is 8.01. The van der Waals surface area contributed by atoms with E-state index in [4.69, 9.17) is 4.74 Å². The van der Waals surface area contributed by atoms with Gasteiger partial charge < -0.3 is 4.74 Å². The van der Waals surface area contributed by atoms with E-state index in [0.717, 1.165) is 11.1 Å². The Morgan fingerprint density at radius 3 is 2.09 bits per heavy atom. The van der Waals surface area contributed by atoms with E-state index in [1.54, 1.807) is 11.8 Å². The average molecular weight is 453 g/mol. The lowest BCUT2D eigenvalue weighted by atomic mass is 10.00. The zero-order valence-electron chi connectivity index (χ0n) is 18.3. The van der Waals surface area contributed by atoms with Crippen molar-refractivity contribution in [3.05, 3.63) is 71.8 Å². The number of hydrogen-bond acceptors (Lipinski definition) is 6. The maximum atomic E-state index is 13.3. The number of nitrogens with one attached hydrogen (secondary N) is 1. The summed E-state index contributed by atoms with van der Waals surface area (Å²) >= 11 is 1.56. The first kappa shape index (κ1) is 22.6. The van der Waals surface area contributed by atoms with E-state index in [0.29, 0.717) is 19.3 Å². The fourth-order valence-electron chi connectivity index (χ4n) is 4.23. The summed E-state index contributed by atoms with van der Waals surface area (Å²) in [4.78, 5) is 39.1. The van der Waals surface area contributed by atoms with E-state index >= 15 is 0 Å². The van der Waals surface area contributed by atoms with E-state index < -0.39 is 16.9 Å².